The Balaban J connectivity index is 0.974. The Morgan fingerprint density at radius 2 is 1.71 bits per heavy atom. The number of ketones is 2. The lowest BCUT2D eigenvalue weighted by atomic mass is 9.46. The quantitative estimate of drug-likeness (QED) is 0.0654. The topological polar surface area (TPSA) is 240 Å². The molecule has 15 heteroatoms. The minimum absolute atomic E-state index is 0.0223. The summed E-state index contributed by atoms with van der Waals surface area (Å²) in [6.45, 7) is 3.99. The largest absolute Gasteiger partial charge is 0.480 e. The Morgan fingerprint density at radius 3 is 2.44 bits per heavy atom. The lowest BCUT2D eigenvalue weighted by Crippen LogP contribution is -2.58. The number of nitrogens with one attached hydrogen (secondary N) is 2. The van der Waals surface area contributed by atoms with Crippen LogP contribution in [0.15, 0.2) is 35.9 Å². The van der Waals surface area contributed by atoms with Crippen LogP contribution in [0.4, 0.5) is 5.69 Å². The predicted molar refractivity (Wildman–Crippen MR) is 196 cm³/mol. The number of nitro groups is 1. The molecule has 55 heavy (non-hydrogen) atoms. The fourth-order valence-electron chi connectivity index (χ4n) is 10.0. The van der Waals surface area contributed by atoms with Crippen LogP contribution in [0.2, 0.25) is 0 Å². The molecular weight excluding hydrogens is 714 g/mol. The predicted octanol–water partition coefficient (Wildman–Crippen LogP) is 4.03. The molecule has 5 N–H and O–H groups in total. The van der Waals surface area contributed by atoms with E-state index in [1.165, 1.54) is 23.8 Å². The summed E-state index contributed by atoms with van der Waals surface area (Å²) in [6, 6.07) is 3.14. The van der Waals surface area contributed by atoms with Gasteiger partial charge in [0.05, 0.1) is 11.3 Å². The Hall–Kier alpha value is -4.50. The van der Waals surface area contributed by atoms with Crippen molar-refractivity contribution in [2.45, 2.75) is 121 Å². The molecule has 0 saturated heterocycles. The third-order valence-corrected chi connectivity index (χ3v) is 13.2. The number of Topliss-reactive ketones (excluding diaryl/α,β-unsaturated/α-hetero) is 1. The first-order valence-electron chi connectivity index (χ1n) is 19.4. The molecule has 5 rings (SSSR count). The SMILES string of the molecule is CC12CCC(=O)C=C1CCC1C2CCC2(C)C1CCC2(O)C(=O)COC(=O)CCC(=O)NCCCCCC(=O)NC(C(=O)O)C(O)c1cccc([N+](=O)[O-])c1. The molecule has 3 fully saturated rings. The molecule has 4 aliphatic rings. The molecule has 15 nitrogen and oxygen atoms in total. The molecule has 0 radical (unpaired) electrons. The van der Waals surface area contributed by atoms with Crippen molar-refractivity contribution in [1.82, 2.24) is 10.6 Å². The number of carboxylic acid groups (broad SMARTS) is 1. The van der Waals surface area contributed by atoms with Crippen LogP contribution in [0.1, 0.15) is 115 Å². The average molecular weight is 768 g/mol. The van der Waals surface area contributed by atoms with Crippen LogP contribution in [0, 0.1) is 38.7 Å². The van der Waals surface area contributed by atoms with E-state index in [0.717, 1.165) is 38.2 Å². The van der Waals surface area contributed by atoms with Gasteiger partial charge in [-0.1, -0.05) is 38.0 Å². The second-order valence-electron chi connectivity index (χ2n) is 16.2. The molecular formula is C40H53N3O12. The Bertz CT molecular complexity index is 1730. The number of non-ortho nitro benzene ring substituents is 1. The number of nitro benzene ring substituents is 1. The first-order valence-corrected chi connectivity index (χ1v) is 19.4. The smallest absolute Gasteiger partial charge is 0.329 e. The molecule has 3 saturated carbocycles. The second-order valence-corrected chi connectivity index (χ2v) is 16.2. The number of aliphatic carboxylic acids is 1. The van der Waals surface area contributed by atoms with E-state index in [4.69, 9.17) is 4.74 Å². The third-order valence-electron chi connectivity index (χ3n) is 13.2. The number of nitrogens with zero attached hydrogens (tertiary/aromatic N) is 1. The van der Waals surface area contributed by atoms with Gasteiger partial charge in [0.25, 0.3) is 5.69 Å². The van der Waals surface area contributed by atoms with Crippen molar-refractivity contribution in [3.63, 3.8) is 0 Å². The number of carbonyl (C=O) groups excluding carboxylic acids is 5. The van der Waals surface area contributed by atoms with E-state index >= 15 is 0 Å². The van der Waals surface area contributed by atoms with E-state index in [1.54, 1.807) is 0 Å². The van der Waals surface area contributed by atoms with E-state index in [2.05, 4.69) is 17.6 Å². The zero-order chi connectivity index (χ0) is 40.1. The van der Waals surface area contributed by atoms with E-state index in [0.29, 0.717) is 50.4 Å². The Morgan fingerprint density at radius 1 is 0.964 bits per heavy atom. The standard InChI is InChI=1S/C40H53N3O12/c1-38-17-14-27(44)22-25(38)10-11-28-29(38)15-18-39(2)30(28)16-19-40(39,52)31(45)23-55-34(48)13-12-32(46)41-20-5-3-4-9-33(47)42-35(37(50)51)36(49)24-7-6-8-26(21-24)43(53)54/h6-8,21-22,28-30,35-36,49,52H,3-5,9-20,23H2,1-2H3,(H,41,46)(H,42,47)(H,50,51). The summed E-state index contributed by atoms with van der Waals surface area (Å²) >= 11 is 0. The van der Waals surface area contributed by atoms with Gasteiger partial charge in [0.2, 0.25) is 17.6 Å². The summed E-state index contributed by atoms with van der Waals surface area (Å²) in [4.78, 5) is 84.9. The summed E-state index contributed by atoms with van der Waals surface area (Å²) in [5, 5.41) is 47.8. The molecule has 0 heterocycles. The van der Waals surface area contributed by atoms with E-state index in [-0.39, 0.29) is 54.2 Å². The van der Waals surface area contributed by atoms with Crippen molar-refractivity contribution in [2.24, 2.45) is 28.6 Å². The fraction of sp³-hybridized carbons (Fsp3) is 0.650. The molecule has 0 aliphatic heterocycles. The van der Waals surface area contributed by atoms with Crippen molar-refractivity contribution in [1.29, 1.82) is 0 Å². The number of carboxylic acids is 1. The van der Waals surface area contributed by atoms with Crippen LogP contribution >= 0.6 is 0 Å². The van der Waals surface area contributed by atoms with Crippen LogP contribution in [-0.4, -0.2) is 80.4 Å². The molecule has 8 atom stereocenters. The number of carbonyl (C=O) groups is 6. The summed E-state index contributed by atoms with van der Waals surface area (Å²) in [5.74, 6) is -2.65. The number of unbranched alkanes of at least 4 members (excludes halogenated alkanes) is 2. The number of fused-ring (bicyclic) bond motifs is 5. The van der Waals surface area contributed by atoms with Gasteiger partial charge in [-0.2, -0.15) is 0 Å². The number of amides is 2. The number of hydrogen-bond donors (Lipinski definition) is 5. The summed E-state index contributed by atoms with van der Waals surface area (Å²) < 4.78 is 5.25. The van der Waals surface area contributed by atoms with Crippen LogP contribution in [0.5, 0.6) is 0 Å². The molecule has 300 valence electrons. The number of ether oxygens (including phenoxy) is 1. The van der Waals surface area contributed by atoms with Crippen molar-refractivity contribution in [3.8, 4) is 0 Å². The maximum Gasteiger partial charge on any atom is 0.329 e. The number of aliphatic hydroxyl groups is 2. The first-order chi connectivity index (χ1) is 26.0. The molecule has 1 aromatic rings. The Labute approximate surface area is 319 Å². The second kappa shape index (κ2) is 17.1. The lowest BCUT2D eigenvalue weighted by Gasteiger charge is -2.58. The molecule has 1 aromatic carbocycles. The zero-order valence-electron chi connectivity index (χ0n) is 31.6. The van der Waals surface area contributed by atoms with Crippen molar-refractivity contribution in [3.05, 3.63) is 51.6 Å². The van der Waals surface area contributed by atoms with Crippen LogP contribution < -0.4 is 10.6 Å². The zero-order valence-corrected chi connectivity index (χ0v) is 31.6. The minimum atomic E-state index is -1.72. The molecule has 4 aliphatic carbocycles. The van der Waals surface area contributed by atoms with Crippen molar-refractivity contribution >= 4 is 41.0 Å². The monoisotopic (exact) mass is 767 g/mol. The molecule has 2 amide bonds. The van der Waals surface area contributed by atoms with Gasteiger partial charge in [-0.15, -0.1) is 0 Å². The highest BCUT2D eigenvalue weighted by Gasteiger charge is 2.66. The summed E-state index contributed by atoms with van der Waals surface area (Å²) in [5.41, 5.74) is -1.37. The van der Waals surface area contributed by atoms with Gasteiger partial charge >= 0.3 is 11.9 Å². The lowest BCUT2D eigenvalue weighted by molar-refractivity contribution is -0.385. The van der Waals surface area contributed by atoms with Gasteiger partial charge in [0.15, 0.2) is 18.4 Å². The van der Waals surface area contributed by atoms with Gasteiger partial charge in [0, 0.05) is 43.4 Å². The highest BCUT2D eigenvalue weighted by atomic mass is 16.6. The number of allylic oxidation sites excluding steroid dienone is 1. The first kappa shape index (κ1) is 41.7. The molecule has 0 aromatic heterocycles. The van der Waals surface area contributed by atoms with E-state index in [9.17, 15) is 54.2 Å². The molecule has 0 spiro atoms. The van der Waals surface area contributed by atoms with Crippen molar-refractivity contribution < 1.29 is 53.7 Å². The normalized spacial score (nSPS) is 29.3. The molecule has 8 unspecified atom stereocenters. The van der Waals surface area contributed by atoms with Gasteiger partial charge in [-0.05, 0) is 92.6 Å². The van der Waals surface area contributed by atoms with Crippen LogP contribution in [0.3, 0.4) is 0 Å². The number of rotatable bonds is 17. The van der Waals surface area contributed by atoms with Gasteiger partial charge in [-0.25, -0.2) is 4.79 Å². The van der Waals surface area contributed by atoms with Gasteiger partial charge in [-0.3, -0.25) is 34.1 Å². The summed E-state index contributed by atoms with van der Waals surface area (Å²) in [6.07, 6.45) is 6.83. The highest BCUT2D eigenvalue weighted by Crippen LogP contribution is 2.67. The third kappa shape index (κ3) is 8.82. The number of benzene rings is 1. The highest BCUT2D eigenvalue weighted by molar-refractivity contribution is 5.92. The maximum atomic E-state index is 13.5. The van der Waals surface area contributed by atoms with E-state index < -0.39 is 64.2 Å². The molecule has 0 bridgehead atoms. The maximum absolute atomic E-state index is 13.5. The number of esters is 1. The van der Waals surface area contributed by atoms with Crippen LogP contribution in [0.25, 0.3) is 0 Å². The average Bonchev–Trinajstić information content (AvgIpc) is 3.44. The van der Waals surface area contributed by atoms with Crippen molar-refractivity contribution in [2.75, 3.05) is 13.2 Å². The minimum Gasteiger partial charge on any atom is -0.480 e. The Kier molecular flexibility index (Phi) is 13.0. The van der Waals surface area contributed by atoms with Gasteiger partial charge in [0.1, 0.15) is 11.7 Å². The van der Waals surface area contributed by atoms with Crippen LogP contribution in [-0.2, 0) is 33.5 Å². The fourth-order valence-corrected chi connectivity index (χ4v) is 10.0. The van der Waals surface area contributed by atoms with Gasteiger partial charge < -0.3 is 30.7 Å². The van der Waals surface area contributed by atoms with E-state index in [1.807, 2.05) is 13.0 Å². The number of hydrogen-bond acceptors (Lipinski definition) is 11. The summed E-state index contributed by atoms with van der Waals surface area (Å²) in [7, 11) is 0. The number of aliphatic hydroxyl groups excluding tert-OH is 1.